The van der Waals surface area contributed by atoms with Crippen LogP contribution < -0.4 is 4.90 Å². The number of anilines is 1. The highest BCUT2D eigenvalue weighted by molar-refractivity contribution is 7.89. The lowest BCUT2D eigenvalue weighted by Crippen LogP contribution is -2.33. The van der Waals surface area contributed by atoms with Crippen LogP contribution in [0.2, 0.25) is 0 Å². The van der Waals surface area contributed by atoms with Crippen molar-refractivity contribution < 1.29 is 13.2 Å². The quantitative estimate of drug-likeness (QED) is 0.364. The summed E-state index contributed by atoms with van der Waals surface area (Å²) in [5.41, 5.74) is 3.61. The van der Waals surface area contributed by atoms with Crippen LogP contribution in [-0.2, 0) is 10.0 Å². The number of nitrogens with zero attached hydrogens (tertiary/aromatic N) is 4. The summed E-state index contributed by atoms with van der Waals surface area (Å²) in [4.78, 5) is 22.4. The number of hydrogen-bond donors (Lipinski definition) is 0. The zero-order valence-corrected chi connectivity index (χ0v) is 23.7. The summed E-state index contributed by atoms with van der Waals surface area (Å²) < 4.78 is 28.1. The number of hydrogen-bond acceptors (Lipinski definition) is 6. The highest BCUT2D eigenvalue weighted by Gasteiger charge is 2.24. The Labute approximate surface area is 219 Å². The number of benzene rings is 2. The van der Waals surface area contributed by atoms with E-state index in [9.17, 15) is 13.2 Å². The molecule has 10 heteroatoms. The van der Waals surface area contributed by atoms with Crippen molar-refractivity contribution in [3.8, 4) is 0 Å². The molecule has 1 aromatic heterocycles. The number of fused-ring (bicyclic) bond motifs is 1. The Morgan fingerprint density at radius 3 is 2.20 bits per heavy atom. The predicted molar refractivity (Wildman–Crippen MR) is 148 cm³/mol. The molecule has 0 N–H and O–H groups in total. The number of thiazole rings is 1. The van der Waals surface area contributed by atoms with Crippen molar-refractivity contribution in [3.63, 3.8) is 0 Å². The Hall–Kier alpha value is -2.04. The summed E-state index contributed by atoms with van der Waals surface area (Å²) in [6.45, 7) is 9.88. The number of aryl methyl sites for hydroxylation is 2. The van der Waals surface area contributed by atoms with Gasteiger partial charge in [0.25, 0.3) is 5.91 Å². The summed E-state index contributed by atoms with van der Waals surface area (Å²) in [5, 5.41) is 0.660. The highest BCUT2D eigenvalue weighted by Crippen LogP contribution is 2.33. The Kier molecular flexibility index (Phi) is 10.2. The van der Waals surface area contributed by atoms with Crippen molar-refractivity contribution in [2.45, 2.75) is 39.0 Å². The van der Waals surface area contributed by atoms with Crippen LogP contribution in [0.15, 0.2) is 41.3 Å². The number of rotatable bonds is 10. The van der Waals surface area contributed by atoms with Gasteiger partial charge in [-0.25, -0.2) is 13.4 Å². The summed E-state index contributed by atoms with van der Waals surface area (Å²) in [6.07, 6.45) is 0.793. The van der Waals surface area contributed by atoms with Crippen molar-refractivity contribution in [1.29, 1.82) is 0 Å². The van der Waals surface area contributed by atoms with E-state index in [1.54, 1.807) is 17.0 Å². The fourth-order valence-corrected chi connectivity index (χ4v) is 6.45. The van der Waals surface area contributed by atoms with Gasteiger partial charge in [0.05, 0.1) is 15.1 Å². The van der Waals surface area contributed by atoms with Gasteiger partial charge in [-0.3, -0.25) is 9.69 Å². The molecular formula is C25H35ClN4O3S2. The van der Waals surface area contributed by atoms with Gasteiger partial charge in [0.15, 0.2) is 5.13 Å². The third kappa shape index (κ3) is 6.59. The molecule has 0 fully saturated rings. The number of amides is 1. The van der Waals surface area contributed by atoms with Gasteiger partial charge in [-0.05, 0) is 82.4 Å². The maximum absolute atomic E-state index is 13.6. The molecule has 3 aromatic rings. The second kappa shape index (κ2) is 12.3. The number of carbonyl (C=O) groups is 1. The Balaban J connectivity index is 0.00000432. The third-order valence-electron chi connectivity index (χ3n) is 5.72. The molecule has 7 nitrogen and oxygen atoms in total. The molecule has 2 aromatic carbocycles. The van der Waals surface area contributed by atoms with E-state index >= 15 is 0 Å². The summed E-state index contributed by atoms with van der Waals surface area (Å²) in [7, 11) is 0.437. The van der Waals surface area contributed by atoms with Crippen molar-refractivity contribution in [1.82, 2.24) is 14.2 Å². The van der Waals surface area contributed by atoms with Gasteiger partial charge in [-0.2, -0.15) is 4.31 Å². The molecule has 35 heavy (non-hydrogen) atoms. The molecule has 0 saturated heterocycles. The SMILES string of the molecule is CCN(CC)S(=O)(=O)c1ccc(C(=O)N(CCCN(C)C)c2nc3cc(C)cc(C)c3s2)cc1.Cl. The first-order valence-corrected chi connectivity index (χ1v) is 13.8. The monoisotopic (exact) mass is 538 g/mol. The number of sulfonamides is 1. The van der Waals surface area contributed by atoms with Gasteiger partial charge >= 0.3 is 0 Å². The van der Waals surface area contributed by atoms with E-state index in [1.807, 2.05) is 40.9 Å². The highest BCUT2D eigenvalue weighted by atomic mass is 35.5. The normalized spacial score (nSPS) is 11.8. The lowest BCUT2D eigenvalue weighted by molar-refractivity contribution is 0.0986. The average molecular weight is 539 g/mol. The van der Waals surface area contributed by atoms with E-state index in [-0.39, 0.29) is 23.2 Å². The van der Waals surface area contributed by atoms with E-state index in [2.05, 4.69) is 17.9 Å². The molecule has 0 radical (unpaired) electrons. The van der Waals surface area contributed by atoms with Crippen LogP contribution in [0.3, 0.4) is 0 Å². The van der Waals surface area contributed by atoms with E-state index in [1.165, 1.54) is 27.8 Å². The van der Waals surface area contributed by atoms with E-state index in [0.717, 1.165) is 34.3 Å². The van der Waals surface area contributed by atoms with Crippen LogP contribution >= 0.6 is 23.7 Å². The molecule has 1 amide bonds. The van der Waals surface area contributed by atoms with Crippen molar-refractivity contribution in [2.24, 2.45) is 0 Å². The predicted octanol–water partition coefficient (Wildman–Crippen LogP) is 4.96. The van der Waals surface area contributed by atoms with Gasteiger partial charge in [-0.15, -0.1) is 12.4 Å². The second-order valence-electron chi connectivity index (χ2n) is 8.65. The van der Waals surface area contributed by atoms with Gasteiger partial charge in [0.2, 0.25) is 10.0 Å². The Morgan fingerprint density at radius 2 is 1.63 bits per heavy atom. The van der Waals surface area contributed by atoms with Crippen LogP contribution in [0.25, 0.3) is 10.2 Å². The number of carbonyl (C=O) groups excluding carboxylic acids is 1. The summed E-state index contributed by atoms with van der Waals surface area (Å²) in [6, 6.07) is 10.4. The fraction of sp³-hybridized carbons (Fsp3) is 0.440. The molecule has 192 valence electrons. The van der Waals surface area contributed by atoms with Crippen LogP contribution in [0.5, 0.6) is 0 Å². The lowest BCUT2D eigenvalue weighted by atomic mass is 10.1. The van der Waals surface area contributed by atoms with Crippen LogP contribution in [0.1, 0.15) is 41.8 Å². The molecule has 0 unspecified atom stereocenters. The molecule has 0 atom stereocenters. The van der Waals surface area contributed by atoms with E-state index < -0.39 is 10.0 Å². The standard InChI is InChI=1S/C25H34N4O3S2.ClH/c1-7-28(8-2)34(31,32)21-12-10-20(11-13-21)24(30)29(15-9-14-27(5)6)25-26-22-17-18(3)16-19(4)23(22)33-25;/h10-13,16-17H,7-9,14-15H2,1-6H3;1H. The third-order valence-corrected chi connectivity index (χ3v) is 9.01. The summed E-state index contributed by atoms with van der Waals surface area (Å²) >= 11 is 1.52. The first-order chi connectivity index (χ1) is 16.1. The van der Waals surface area contributed by atoms with Crippen molar-refractivity contribution in [2.75, 3.05) is 45.2 Å². The Morgan fingerprint density at radius 1 is 1.00 bits per heavy atom. The first-order valence-electron chi connectivity index (χ1n) is 11.5. The van der Waals surface area contributed by atoms with Crippen LogP contribution in [0.4, 0.5) is 5.13 Å². The number of aromatic nitrogens is 1. The zero-order chi connectivity index (χ0) is 25.0. The zero-order valence-electron chi connectivity index (χ0n) is 21.2. The molecule has 0 bridgehead atoms. The van der Waals surface area contributed by atoms with Gasteiger partial charge in [0.1, 0.15) is 0 Å². The molecule has 0 spiro atoms. The first kappa shape index (κ1) is 29.2. The average Bonchev–Trinajstić information content (AvgIpc) is 3.21. The molecule has 0 saturated carbocycles. The molecule has 1 heterocycles. The van der Waals surface area contributed by atoms with Crippen molar-refractivity contribution in [3.05, 3.63) is 53.1 Å². The van der Waals surface area contributed by atoms with E-state index in [4.69, 9.17) is 4.98 Å². The Bertz CT molecular complexity index is 1250. The fourth-order valence-electron chi connectivity index (χ4n) is 3.95. The largest absolute Gasteiger partial charge is 0.309 e. The van der Waals surface area contributed by atoms with Gasteiger partial charge in [-0.1, -0.05) is 31.3 Å². The molecule has 0 aliphatic rings. The van der Waals surface area contributed by atoms with Gasteiger partial charge in [0, 0.05) is 25.2 Å². The minimum atomic E-state index is -3.57. The maximum Gasteiger partial charge on any atom is 0.260 e. The molecule has 0 aliphatic carbocycles. The lowest BCUT2D eigenvalue weighted by Gasteiger charge is -2.22. The minimum absolute atomic E-state index is 0. The molecule has 0 aliphatic heterocycles. The minimum Gasteiger partial charge on any atom is -0.309 e. The smallest absolute Gasteiger partial charge is 0.260 e. The number of halogens is 1. The summed E-state index contributed by atoms with van der Waals surface area (Å²) in [5.74, 6) is -0.182. The van der Waals surface area contributed by atoms with E-state index in [0.29, 0.717) is 30.3 Å². The molecule has 3 rings (SSSR count). The van der Waals surface area contributed by atoms with Crippen LogP contribution in [0, 0.1) is 13.8 Å². The topological polar surface area (TPSA) is 73.8 Å². The second-order valence-corrected chi connectivity index (χ2v) is 11.6. The molecular weight excluding hydrogens is 504 g/mol. The van der Waals surface area contributed by atoms with Crippen LogP contribution in [-0.4, -0.2) is 68.8 Å². The van der Waals surface area contributed by atoms with Crippen molar-refractivity contribution >= 4 is 55.0 Å². The maximum atomic E-state index is 13.6. The van der Waals surface area contributed by atoms with Gasteiger partial charge < -0.3 is 4.90 Å².